The van der Waals surface area contributed by atoms with Crippen LogP contribution in [0.3, 0.4) is 0 Å². The average Bonchev–Trinajstić information content (AvgIpc) is 2.93. The molecule has 1 aliphatic heterocycles. The van der Waals surface area contributed by atoms with Gasteiger partial charge in [0.25, 0.3) is 0 Å². The Balaban J connectivity index is 3.63. The Bertz CT molecular complexity index is 1100. The third-order valence-corrected chi connectivity index (χ3v) is 6.60. The van der Waals surface area contributed by atoms with Gasteiger partial charge in [0.2, 0.25) is 12.4 Å². The quantitative estimate of drug-likeness (QED) is 0.0844. The molecule has 6 unspecified atom stereocenters. The number of hydrogen-bond donors (Lipinski definition) is 2. The van der Waals surface area contributed by atoms with Gasteiger partial charge >= 0.3 is 23.9 Å². The Morgan fingerprint density at radius 1 is 0.818 bits per heavy atom. The van der Waals surface area contributed by atoms with E-state index in [4.69, 9.17) is 28.4 Å². The average molecular weight is 625 g/mol. The van der Waals surface area contributed by atoms with E-state index in [0.717, 1.165) is 25.0 Å². The highest BCUT2D eigenvalue weighted by Crippen LogP contribution is 2.32. The molecule has 1 fully saturated rings. The van der Waals surface area contributed by atoms with E-state index in [1.165, 1.54) is 19.9 Å². The first kappa shape index (κ1) is 38.5. The fraction of sp³-hybridized carbons (Fsp3) is 0.625. The molecule has 1 aliphatic rings. The number of aliphatic hydroxyl groups excluding tert-OH is 2. The second kappa shape index (κ2) is 19.7. The molecule has 12 nitrogen and oxygen atoms in total. The normalized spacial score (nSPS) is 23.8. The molecule has 0 amide bonds. The summed E-state index contributed by atoms with van der Waals surface area (Å²) in [7, 11) is 0. The number of allylic oxidation sites excluding steroid dienone is 5. The Kier molecular flexibility index (Phi) is 17.3. The lowest BCUT2D eigenvalue weighted by molar-refractivity contribution is -0.300. The summed E-state index contributed by atoms with van der Waals surface area (Å²) in [4.78, 5) is 49.1. The van der Waals surface area contributed by atoms with Crippen LogP contribution in [0.1, 0.15) is 74.7 Å². The van der Waals surface area contributed by atoms with Gasteiger partial charge in [0.05, 0.1) is 19.0 Å². The van der Waals surface area contributed by atoms with Crippen molar-refractivity contribution < 1.29 is 57.8 Å². The van der Waals surface area contributed by atoms with Gasteiger partial charge < -0.3 is 38.6 Å². The molecule has 44 heavy (non-hydrogen) atoms. The SMILES string of the molecule is CC=C(C)C(=O)OC1C(COC(C)=O)OC(OC(=CC(C)CC(C)=CCO)CCC=C(C)CO)C(OC(C)=O)C1OC(C)=O. The smallest absolute Gasteiger partial charge is 0.333 e. The van der Waals surface area contributed by atoms with E-state index in [0.29, 0.717) is 25.0 Å². The molecule has 0 radical (unpaired) electrons. The van der Waals surface area contributed by atoms with Gasteiger partial charge in [0, 0.05) is 32.8 Å². The second-order valence-electron chi connectivity index (χ2n) is 10.7. The fourth-order valence-electron chi connectivity index (χ4n) is 4.41. The first-order chi connectivity index (χ1) is 20.7. The number of aliphatic hydroxyl groups is 2. The minimum Gasteiger partial charge on any atom is -0.465 e. The lowest BCUT2D eigenvalue weighted by Crippen LogP contribution is -2.63. The van der Waals surface area contributed by atoms with Gasteiger partial charge in [-0.1, -0.05) is 36.3 Å². The van der Waals surface area contributed by atoms with Crippen molar-refractivity contribution in [2.45, 2.75) is 105 Å². The molecule has 0 aromatic heterocycles. The molecule has 12 heteroatoms. The van der Waals surface area contributed by atoms with E-state index in [9.17, 15) is 29.4 Å². The molecular weight excluding hydrogens is 576 g/mol. The third-order valence-electron chi connectivity index (χ3n) is 6.60. The van der Waals surface area contributed by atoms with E-state index >= 15 is 0 Å². The monoisotopic (exact) mass is 624 g/mol. The Morgan fingerprint density at radius 2 is 1.45 bits per heavy atom. The van der Waals surface area contributed by atoms with Gasteiger partial charge in [0.1, 0.15) is 12.7 Å². The van der Waals surface area contributed by atoms with Crippen LogP contribution in [0.4, 0.5) is 0 Å². The minimum absolute atomic E-state index is 0.0508. The first-order valence-corrected chi connectivity index (χ1v) is 14.6. The molecule has 0 spiro atoms. The zero-order valence-electron chi connectivity index (χ0n) is 27.0. The predicted molar refractivity (Wildman–Crippen MR) is 160 cm³/mol. The largest absolute Gasteiger partial charge is 0.465 e. The maximum absolute atomic E-state index is 12.8. The van der Waals surface area contributed by atoms with Gasteiger partial charge in [-0.15, -0.1) is 0 Å². The van der Waals surface area contributed by atoms with Gasteiger partial charge in [0.15, 0.2) is 12.2 Å². The van der Waals surface area contributed by atoms with E-state index in [2.05, 4.69) is 0 Å². The zero-order chi connectivity index (χ0) is 33.4. The number of carbonyl (C=O) groups is 4. The molecule has 0 aromatic carbocycles. The summed E-state index contributed by atoms with van der Waals surface area (Å²) in [6.07, 6.45) is 1.82. The van der Waals surface area contributed by atoms with E-state index in [1.54, 1.807) is 19.9 Å². The van der Waals surface area contributed by atoms with Crippen LogP contribution in [0.5, 0.6) is 0 Å². The molecule has 0 aromatic rings. The van der Waals surface area contributed by atoms with Gasteiger partial charge in [-0.3, -0.25) is 14.4 Å². The van der Waals surface area contributed by atoms with Crippen molar-refractivity contribution in [1.29, 1.82) is 0 Å². The molecule has 248 valence electrons. The maximum atomic E-state index is 12.8. The van der Waals surface area contributed by atoms with E-state index in [1.807, 2.05) is 26.0 Å². The Labute approximate surface area is 259 Å². The zero-order valence-corrected chi connectivity index (χ0v) is 27.0. The van der Waals surface area contributed by atoms with Gasteiger partial charge in [-0.2, -0.15) is 0 Å². The predicted octanol–water partition coefficient (Wildman–Crippen LogP) is 3.60. The lowest BCUT2D eigenvalue weighted by Gasteiger charge is -2.44. The van der Waals surface area contributed by atoms with Crippen LogP contribution in [0.2, 0.25) is 0 Å². The van der Waals surface area contributed by atoms with Crippen molar-refractivity contribution in [2.75, 3.05) is 19.8 Å². The summed E-state index contributed by atoms with van der Waals surface area (Å²) in [5.41, 5.74) is 2.00. The van der Waals surface area contributed by atoms with Crippen LogP contribution in [0.25, 0.3) is 0 Å². The van der Waals surface area contributed by atoms with Gasteiger partial charge in [-0.25, -0.2) is 4.79 Å². The molecule has 0 bridgehead atoms. The highest BCUT2D eigenvalue weighted by molar-refractivity contribution is 5.87. The van der Waals surface area contributed by atoms with Crippen molar-refractivity contribution in [3.05, 3.63) is 46.8 Å². The minimum atomic E-state index is -1.38. The Morgan fingerprint density at radius 3 is 2.00 bits per heavy atom. The van der Waals surface area contributed by atoms with Crippen LogP contribution in [0.15, 0.2) is 46.8 Å². The topological polar surface area (TPSA) is 164 Å². The molecule has 1 heterocycles. The van der Waals surface area contributed by atoms with Crippen molar-refractivity contribution in [2.24, 2.45) is 5.92 Å². The molecular formula is C32H48O12. The summed E-state index contributed by atoms with van der Waals surface area (Å²) in [6.45, 7) is 11.8. The van der Waals surface area contributed by atoms with Crippen molar-refractivity contribution >= 4 is 23.9 Å². The highest BCUT2D eigenvalue weighted by atomic mass is 16.7. The van der Waals surface area contributed by atoms with Crippen molar-refractivity contribution in [1.82, 2.24) is 0 Å². The third kappa shape index (κ3) is 13.9. The summed E-state index contributed by atoms with van der Waals surface area (Å²) in [5, 5.41) is 18.7. The Hall–Kier alpha value is -3.48. The fourth-order valence-corrected chi connectivity index (χ4v) is 4.41. The number of ether oxygens (including phenoxy) is 6. The molecule has 0 saturated carbocycles. The van der Waals surface area contributed by atoms with Crippen molar-refractivity contribution in [3.8, 4) is 0 Å². The maximum Gasteiger partial charge on any atom is 0.333 e. The highest BCUT2D eigenvalue weighted by Gasteiger charge is 2.53. The molecule has 0 aliphatic carbocycles. The number of hydrogen-bond acceptors (Lipinski definition) is 12. The van der Waals surface area contributed by atoms with Crippen LogP contribution >= 0.6 is 0 Å². The molecule has 2 N–H and O–H groups in total. The second-order valence-corrected chi connectivity index (χ2v) is 10.7. The van der Waals surface area contributed by atoms with Crippen molar-refractivity contribution in [3.63, 3.8) is 0 Å². The standard InChI is InChI=1S/C32H48O12/c1-9-22(5)31(38)44-28-27(18-39-23(6)35)43-32(30(41-25(8)37)29(28)40-24(7)36)42-26(12-10-11-20(3)17-34)16-21(4)15-19(2)13-14-33/h9,11,13,16,21,27-30,32-34H,10,12,14-15,17-18H2,1-8H3. The summed E-state index contributed by atoms with van der Waals surface area (Å²) in [5.74, 6) is -2.44. The number of esters is 4. The lowest BCUT2D eigenvalue weighted by atomic mass is 9.97. The summed E-state index contributed by atoms with van der Waals surface area (Å²) >= 11 is 0. The van der Waals surface area contributed by atoms with E-state index < -0.39 is 54.6 Å². The van der Waals surface area contributed by atoms with Crippen LogP contribution < -0.4 is 0 Å². The van der Waals surface area contributed by atoms with E-state index in [-0.39, 0.29) is 31.3 Å². The van der Waals surface area contributed by atoms with Gasteiger partial charge in [-0.05, 0) is 52.5 Å². The van der Waals surface area contributed by atoms with Crippen LogP contribution in [-0.4, -0.2) is 84.6 Å². The molecule has 1 rings (SSSR count). The van der Waals surface area contributed by atoms with Crippen LogP contribution in [-0.2, 0) is 47.6 Å². The summed E-state index contributed by atoms with van der Waals surface area (Å²) < 4.78 is 34.5. The van der Waals surface area contributed by atoms with Crippen LogP contribution in [0, 0.1) is 5.92 Å². The number of rotatable bonds is 16. The molecule has 6 atom stereocenters. The molecule has 1 saturated heterocycles. The summed E-state index contributed by atoms with van der Waals surface area (Å²) in [6, 6.07) is 0. The number of carbonyl (C=O) groups excluding carboxylic acids is 4. The first-order valence-electron chi connectivity index (χ1n) is 14.6.